The lowest BCUT2D eigenvalue weighted by molar-refractivity contribution is -0.115. The van der Waals surface area contributed by atoms with E-state index in [0.29, 0.717) is 33.8 Å². The first-order valence-electron chi connectivity index (χ1n) is 11.5. The molecule has 186 valence electrons. The lowest BCUT2D eigenvalue weighted by Crippen LogP contribution is -2.25. The predicted molar refractivity (Wildman–Crippen MR) is 149 cm³/mol. The van der Waals surface area contributed by atoms with Crippen LogP contribution in [-0.2, 0) is 10.5 Å². The fraction of sp³-hybridized carbons (Fsp3) is 0.222. The van der Waals surface area contributed by atoms with Gasteiger partial charge in [-0.1, -0.05) is 66.2 Å². The Hall–Kier alpha value is -2.94. The van der Waals surface area contributed by atoms with E-state index in [9.17, 15) is 4.79 Å². The third kappa shape index (κ3) is 6.43. The zero-order valence-corrected chi connectivity index (χ0v) is 22.7. The number of ether oxygens (including phenoxy) is 1. The van der Waals surface area contributed by atoms with Gasteiger partial charge in [0.2, 0.25) is 5.91 Å². The summed E-state index contributed by atoms with van der Waals surface area (Å²) in [6.07, 6.45) is 0.621. The number of anilines is 1. The second-order valence-corrected chi connectivity index (χ2v) is 10.7. The quantitative estimate of drug-likeness (QED) is 0.218. The first-order chi connectivity index (χ1) is 17.5. The zero-order valence-electron chi connectivity index (χ0n) is 20.3. The first-order valence-corrected chi connectivity index (χ1v) is 13.7. The molecule has 1 heterocycles. The maximum Gasteiger partial charge on any atom is 0.237 e. The number of para-hydroxylation sites is 1. The zero-order chi connectivity index (χ0) is 25.5. The van der Waals surface area contributed by atoms with Crippen molar-refractivity contribution in [2.24, 2.45) is 0 Å². The largest absolute Gasteiger partial charge is 0.495 e. The Balaban J connectivity index is 1.55. The molecule has 6 nitrogen and oxygen atoms in total. The Morgan fingerprint density at radius 1 is 1.08 bits per heavy atom. The van der Waals surface area contributed by atoms with Gasteiger partial charge in [0, 0.05) is 16.3 Å². The molecule has 4 aromatic rings. The number of nitrogens with one attached hydrogen (secondary N) is 1. The van der Waals surface area contributed by atoms with Gasteiger partial charge in [0.15, 0.2) is 5.16 Å². The van der Waals surface area contributed by atoms with Crippen molar-refractivity contribution >= 4 is 46.7 Å². The smallest absolute Gasteiger partial charge is 0.237 e. The Bertz CT molecular complexity index is 1310. The van der Waals surface area contributed by atoms with Crippen molar-refractivity contribution in [2.45, 2.75) is 41.3 Å². The SMILES string of the molecule is CCC(Sc1nnc(CSc2ccc(C)cc2)n1-c1ccccc1)C(=O)Nc1ccc(OC)c(Cl)c1. The van der Waals surface area contributed by atoms with E-state index >= 15 is 0 Å². The summed E-state index contributed by atoms with van der Waals surface area (Å²) >= 11 is 9.34. The van der Waals surface area contributed by atoms with Crippen LogP contribution in [0.15, 0.2) is 82.8 Å². The highest BCUT2D eigenvalue weighted by molar-refractivity contribution is 8.00. The summed E-state index contributed by atoms with van der Waals surface area (Å²) in [5.74, 6) is 1.91. The Morgan fingerprint density at radius 2 is 1.83 bits per heavy atom. The number of nitrogens with zero attached hydrogens (tertiary/aromatic N) is 3. The maximum absolute atomic E-state index is 13.1. The van der Waals surface area contributed by atoms with Crippen LogP contribution >= 0.6 is 35.1 Å². The van der Waals surface area contributed by atoms with Gasteiger partial charge in [0.25, 0.3) is 0 Å². The van der Waals surface area contributed by atoms with Crippen LogP contribution in [0.5, 0.6) is 5.75 Å². The summed E-state index contributed by atoms with van der Waals surface area (Å²) in [4.78, 5) is 14.3. The number of halogens is 1. The van der Waals surface area contributed by atoms with E-state index in [1.807, 2.05) is 41.8 Å². The standard InChI is InChI=1S/C27H27ClN4O2S2/c1-4-24(26(33)29-19-12-15-23(34-3)22(28)16-19)36-27-31-30-25(32(27)20-8-6-5-7-9-20)17-35-21-13-10-18(2)11-14-21/h5-16,24H,4,17H2,1-3H3,(H,29,33). The maximum atomic E-state index is 13.1. The van der Waals surface area contributed by atoms with Crippen molar-refractivity contribution in [3.05, 3.63) is 89.2 Å². The number of methoxy groups -OCH3 is 1. The molecule has 9 heteroatoms. The van der Waals surface area contributed by atoms with Crippen LogP contribution in [-0.4, -0.2) is 33.0 Å². The molecule has 1 aromatic heterocycles. The molecule has 1 N–H and O–H groups in total. The number of carbonyl (C=O) groups is 1. The minimum atomic E-state index is -0.366. The van der Waals surface area contributed by atoms with Crippen molar-refractivity contribution in [3.8, 4) is 11.4 Å². The van der Waals surface area contributed by atoms with Gasteiger partial charge in [-0.25, -0.2) is 0 Å². The minimum Gasteiger partial charge on any atom is -0.495 e. The van der Waals surface area contributed by atoms with Gasteiger partial charge < -0.3 is 10.1 Å². The second kappa shape index (κ2) is 12.3. The summed E-state index contributed by atoms with van der Waals surface area (Å²) in [5, 5.41) is 12.7. The van der Waals surface area contributed by atoms with Crippen molar-refractivity contribution in [1.82, 2.24) is 14.8 Å². The van der Waals surface area contributed by atoms with Gasteiger partial charge in [0.05, 0.1) is 23.1 Å². The predicted octanol–water partition coefficient (Wildman–Crippen LogP) is 7.04. The number of benzene rings is 3. The van der Waals surface area contributed by atoms with Gasteiger partial charge in [-0.05, 0) is 55.8 Å². The third-order valence-electron chi connectivity index (χ3n) is 5.43. The van der Waals surface area contributed by atoms with Gasteiger partial charge in [-0.2, -0.15) is 0 Å². The van der Waals surface area contributed by atoms with Crippen molar-refractivity contribution in [1.29, 1.82) is 0 Å². The van der Waals surface area contributed by atoms with E-state index in [-0.39, 0.29) is 11.2 Å². The van der Waals surface area contributed by atoms with Crippen LogP contribution in [0.2, 0.25) is 5.02 Å². The molecule has 4 rings (SSSR count). The molecular weight excluding hydrogens is 512 g/mol. The van der Waals surface area contributed by atoms with E-state index in [0.717, 1.165) is 11.5 Å². The molecule has 0 aliphatic rings. The third-order valence-corrected chi connectivity index (χ3v) is 8.04. The number of hydrogen-bond donors (Lipinski definition) is 1. The van der Waals surface area contributed by atoms with E-state index in [1.165, 1.54) is 22.2 Å². The molecule has 3 aromatic carbocycles. The molecule has 36 heavy (non-hydrogen) atoms. The molecule has 0 saturated heterocycles. The summed E-state index contributed by atoms with van der Waals surface area (Å²) in [6.45, 7) is 4.06. The van der Waals surface area contributed by atoms with Crippen LogP contribution < -0.4 is 10.1 Å². The lowest BCUT2D eigenvalue weighted by Gasteiger charge is -2.16. The number of carbonyl (C=O) groups excluding carboxylic acids is 1. The lowest BCUT2D eigenvalue weighted by atomic mass is 10.2. The molecule has 0 spiro atoms. The van der Waals surface area contributed by atoms with Gasteiger partial charge in [-0.15, -0.1) is 22.0 Å². The van der Waals surface area contributed by atoms with E-state index in [2.05, 4.69) is 46.7 Å². The molecule has 0 radical (unpaired) electrons. The number of aromatic nitrogens is 3. The first kappa shape index (κ1) is 26.1. The van der Waals surface area contributed by atoms with Crippen molar-refractivity contribution in [2.75, 3.05) is 12.4 Å². The topological polar surface area (TPSA) is 69.0 Å². The van der Waals surface area contributed by atoms with Gasteiger partial charge >= 0.3 is 0 Å². The Kier molecular flexibility index (Phi) is 8.96. The molecule has 1 amide bonds. The molecule has 0 aliphatic heterocycles. The highest BCUT2D eigenvalue weighted by Crippen LogP contribution is 2.32. The fourth-order valence-corrected chi connectivity index (χ4v) is 5.57. The van der Waals surface area contributed by atoms with Crippen LogP contribution in [0, 0.1) is 6.92 Å². The van der Waals surface area contributed by atoms with Crippen LogP contribution in [0.25, 0.3) is 5.69 Å². The average Bonchev–Trinajstić information content (AvgIpc) is 3.30. The Morgan fingerprint density at radius 3 is 2.50 bits per heavy atom. The fourth-order valence-electron chi connectivity index (χ4n) is 3.51. The van der Waals surface area contributed by atoms with Gasteiger partial charge in [-0.3, -0.25) is 9.36 Å². The van der Waals surface area contributed by atoms with E-state index < -0.39 is 0 Å². The van der Waals surface area contributed by atoms with E-state index in [1.54, 1.807) is 37.1 Å². The minimum absolute atomic E-state index is 0.123. The van der Waals surface area contributed by atoms with Crippen LogP contribution in [0.4, 0.5) is 5.69 Å². The molecular formula is C27H27ClN4O2S2. The number of aryl methyl sites for hydroxylation is 1. The van der Waals surface area contributed by atoms with Gasteiger partial charge in [0.1, 0.15) is 11.6 Å². The number of thioether (sulfide) groups is 2. The molecule has 1 unspecified atom stereocenters. The summed E-state index contributed by atoms with van der Waals surface area (Å²) in [6, 6.07) is 23.6. The number of rotatable bonds is 10. The summed E-state index contributed by atoms with van der Waals surface area (Å²) < 4.78 is 7.23. The molecule has 0 saturated carbocycles. The molecule has 1 atom stereocenters. The highest BCUT2D eigenvalue weighted by Gasteiger charge is 2.24. The summed E-state index contributed by atoms with van der Waals surface area (Å²) in [7, 11) is 1.56. The second-order valence-electron chi connectivity index (χ2n) is 8.02. The highest BCUT2D eigenvalue weighted by atomic mass is 35.5. The molecule has 0 fully saturated rings. The van der Waals surface area contributed by atoms with Crippen molar-refractivity contribution < 1.29 is 9.53 Å². The monoisotopic (exact) mass is 538 g/mol. The molecule has 0 aliphatic carbocycles. The number of amides is 1. The Labute approximate surface area is 224 Å². The average molecular weight is 539 g/mol. The van der Waals surface area contributed by atoms with Crippen LogP contribution in [0.3, 0.4) is 0 Å². The normalized spacial score (nSPS) is 11.8. The van der Waals surface area contributed by atoms with Crippen LogP contribution in [0.1, 0.15) is 24.7 Å². The summed E-state index contributed by atoms with van der Waals surface area (Å²) in [5.41, 5.74) is 2.80. The molecule has 0 bridgehead atoms. The van der Waals surface area contributed by atoms with Crippen molar-refractivity contribution in [3.63, 3.8) is 0 Å². The number of hydrogen-bond acceptors (Lipinski definition) is 6. The van der Waals surface area contributed by atoms with E-state index in [4.69, 9.17) is 16.3 Å².